The molecule has 1 aromatic heterocycles. The van der Waals surface area contributed by atoms with Crippen LogP contribution in [0.1, 0.15) is 29.7 Å². The molecule has 0 bridgehead atoms. The molecule has 27 heavy (non-hydrogen) atoms. The monoisotopic (exact) mass is 372 g/mol. The molecule has 0 unspecified atom stereocenters. The fourth-order valence-corrected chi connectivity index (χ4v) is 3.73. The predicted octanol–water partition coefficient (Wildman–Crippen LogP) is 2.54. The number of H-pyrrole nitrogens is 1. The van der Waals surface area contributed by atoms with Crippen LogP contribution in [0.3, 0.4) is 0 Å². The zero-order valence-corrected chi connectivity index (χ0v) is 15.7. The van der Waals surface area contributed by atoms with E-state index < -0.39 is 11.7 Å². The van der Waals surface area contributed by atoms with Crippen molar-refractivity contribution in [3.63, 3.8) is 0 Å². The lowest BCUT2D eigenvalue weighted by Crippen LogP contribution is -2.41. The van der Waals surface area contributed by atoms with Crippen LogP contribution in [0.4, 0.5) is 10.1 Å². The number of aromatic amines is 1. The first-order chi connectivity index (χ1) is 12.8. The first-order valence-electron chi connectivity index (χ1n) is 9.08. The highest BCUT2D eigenvalue weighted by Gasteiger charge is 2.24. The zero-order chi connectivity index (χ0) is 19.7. The van der Waals surface area contributed by atoms with E-state index >= 15 is 0 Å². The summed E-state index contributed by atoms with van der Waals surface area (Å²) in [4.78, 5) is 28.1. The third-order valence-electron chi connectivity index (χ3n) is 5.31. The van der Waals surface area contributed by atoms with E-state index in [1.54, 1.807) is 4.90 Å². The van der Waals surface area contributed by atoms with Gasteiger partial charge < -0.3 is 20.9 Å². The Labute approximate surface area is 157 Å². The number of likely N-dealkylation sites (tertiary alicyclic amines) is 1. The van der Waals surface area contributed by atoms with Crippen molar-refractivity contribution in [3.05, 3.63) is 41.4 Å². The van der Waals surface area contributed by atoms with Gasteiger partial charge in [-0.1, -0.05) is 6.58 Å². The lowest BCUT2D eigenvalue weighted by atomic mass is 10.0. The van der Waals surface area contributed by atoms with Gasteiger partial charge in [-0.25, -0.2) is 4.39 Å². The van der Waals surface area contributed by atoms with E-state index in [0.29, 0.717) is 24.3 Å². The zero-order valence-electron chi connectivity index (χ0n) is 15.7. The minimum absolute atomic E-state index is 0.0187. The van der Waals surface area contributed by atoms with Crippen molar-refractivity contribution in [1.82, 2.24) is 9.88 Å². The summed E-state index contributed by atoms with van der Waals surface area (Å²) in [7, 11) is 0. The van der Waals surface area contributed by atoms with Crippen molar-refractivity contribution >= 4 is 28.4 Å². The second-order valence-electron chi connectivity index (χ2n) is 7.11. The Morgan fingerprint density at radius 2 is 2.07 bits per heavy atom. The number of hydrogen-bond donors (Lipinski definition) is 3. The Hall–Kier alpha value is -2.83. The van der Waals surface area contributed by atoms with Crippen LogP contribution in [0, 0.1) is 19.7 Å². The number of halogens is 1. The van der Waals surface area contributed by atoms with Crippen molar-refractivity contribution in [1.29, 1.82) is 0 Å². The highest BCUT2D eigenvalue weighted by Crippen LogP contribution is 2.35. The van der Waals surface area contributed by atoms with Crippen LogP contribution in [-0.2, 0) is 16.0 Å². The summed E-state index contributed by atoms with van der Waals surface area (Å²) in [5, 5.41) is 4.09. The molecule has 4 N–H and O–H groups in total. The van der Waals surface area contributed by atoms with Crippen LogP contribution in [0.5, 0.6) is 0 Å². The van der Waals surface area contributed by atoms with E-state index in [1.807, 2.05) is 13.8 Å². The molecule has 2 aromatic rings. The lowest BCUT2D eigenvalue weighted by Gasteiger charge is -2.32. The molecule has 0 radical (unpaired) electrons. The summed E-state index contributed by atoms with van der Waals surface area (Å²) in [5.74, 6) is -0.971. The number of anilines is 1. The number of aryl methyl sites for hydroxylation is 2. The molecule has 6 nitrogen and oxygen atoms in total. The summed E-state index contributed by atoms with van der Waals surface area (Å²) in [6.45, 7) is 8.58. The third kappa shape index (κ3) is 3.67. The highest BCUT2D eigenvalue weighted by atomic mass is 19.1. The quantitative estimate of drug-likeness (QED) is 0.705. The number of benzene rings is 1. The molecule has 1 aliphatic heterocycles. The number of nitrogens with zero attached hydrogens (tertiary/aromatic N) is 1. The number of hydrogen-bond acceptors (Lipinski definition) is 3. The van der Waals surface area contributed by atoms with Gasteiger partial charge in [0.05, 0.1) is 17.6 Å². The number of piperidine rings is 1. The highest BCUT2D eigenvalue weighted by molar-refractivity contribution is 5.99. The topological polar surface area (TPSA) is 91.2 Å². The molecule has 1 saturated heterocycles. The molecule has 3 rings (SSSR count). The largest absolute Gasteiger partial charge is 0.379 e. The first-order valence-corrected chi connectivity index (χ1v) is 9.08. The average molecular weight is 372 g/mol. The number of nitrogens with one attached hydrogen (secondary N) is 2. The molecule has 0 spiro atoms. The number of carbonyl (C=O) groups is 2. The number of amides is 2. The van der Waals surface area contributed by atoms with Gasteiger partial charge in [-0.2, -0.15) is 0 Å². The van der Waals surface area contributed by atoms with Gasteiger partial charge in [0.25, 0.3) is 0 Å². The van der Waals surface area contributed by atoms with E-state index in [1.165, 1.54) is 12.1 Å². The van der Waals surface area contributed by atoms with Gasteiger partial charge in [0, 0.05) is 30.2 Å². The molecular weight excluding hydrogens is 347 g/mol. The summed E-state index contributed by atoms with van der Waals surface area (Å²) >= 11 is 0. The average Bonchev–Trinajstić information content (AvgIpc) is 2.93. The smallest absolute Gasteiger partial charge is 0.245 e. The van der Waals surface area contributed by atoms with Crippen LogP contribution in [-0.4, -0.2) is 40.8 Å². The number of rotatable bonds is 5. The number of primary amides is 1. The second-order valence-corrected chi connectivity index (χ2v) is 7.11. The summed E-state index contributed by atoms with van der Waals surface area (Å²) in [6.07, 6.45) is 2.76. The predicted molar refractivity (Wildman–Crippen MR) is 104 cm³/mol. The number of carbonyl (C=O) groups excluding carboxylic acids is 2. The third-order valence-corrected chi connectivity index (χ3v) is 5.31. The number of fused-ring (bicyclic) bond motifs is 1. The van der Waals surface area contributed by atoms with Crippen LogP contribution in [0.15, 0.2) is 18.7 Å². The van der Waals surface area contributed by atoms with Gasteiger partial charge >= 0.3 is 0 Å². The fraction of sp³-hybridized carbons (Fsp3) is 0.400. The molecule has 0 atom stereocenters. The van der Waals surface area contributed by atoms with Gasteiger partial charge in [0.1, 0.15) is 5.82 Å². The number of nitrogens with two attached hydrogens (primary N) is 1. The molecule has 2 amide bonds. The van der Waals surface area contributed by atoms with E-state index in [9.17, 15) is 14.0 Å². The summed E-state index contributed by atoms with van der Waals surface area (Å²) < 4.78 is 14.9. The molecule has 2 heterocycles. The fourth-order valence-electron chi connectivity index (χ4n) is 3.73. The van der Waals surface area contributed by atoms with Gasteiger partial charge in [0.2, 0.25) is 11.8 Å². The van der Waals surface area contributed by atoms with E-state index in [-0.39, 0.29) is 18.4 Å². The van der Waals surface area contributed by atoms with E-state index in [4.69, 9.17) is 5.73 Å². The van der Waals surface area contributed by atoms with E-state index in [2.05, 4.69) is 16.9 Å². The Morgan fingerprint density at radius 3 is 2.67 bits per heavy atom. The Morgan fingerprint density at radius 1 is 1.41 bits per heavy atom. The van der Waals surface area contributed by atoms with Crippen molar-refractivity contribution in [2.45, 2.75) is 39.2 Å². The maximum atomic E-state index is 14.9. The van der Waals surface area contributed by atoms with Crippen molar-refractivity contribution < 1.29 is 14.0 Å². The van der Waals surface area contributed by atoms with Crippen LogP contribution < -0.4 is 11.1 Å². The maximum Gasteiger partial charge on any atom is 0.245 e. The molecule has 1 aliphatic rings. The maximum absolute atomic E-state index is 14.9. The van der Waals surface area contributed by atoms with Gasteiger partial charge in [-0.15, -0.1) is 0 Å². The molecule has 0 aliphatic carbocycles. The lowest BCUT2D eigenvalue weighted by molar-refractivity contribution is -0.127. The Balaban J connectivity index is 1.91. The molecule has 7 heteroatoms. The molecule has 144 valence electrons. The van der Waals surface area contributed by atoms with Gasteiger partial charge in [0.15, 0.2) is 0 Å². The molecule has 1 fully saturated rings. The SMILES string of the molecule is C=CC(=O)N1CCC(Nc2c(F)cc(CC(N)=O)c3[nH]c(C)c(C)c23)CC1. The normalized spacial score (nSPS) is 15.1. The molecule has 1 aromatic carbocycles. The Bertz CT molecular complexity index is 911. The van der Waals surface area contributed by atoms with Gasteiger partial charge in [-0.05, 0) is 50.0 Å². The summed E-state index contributed by atoms with van der Waals surface area (Å²) in [5.41, 5.74) is 8.92. The van der Waals surface area contributed by atoms with Crippen molar-refractivity contribution in [2.24, 2.45) is 5.73 Å². The molecular formula is C20H25FN4O2. The first kappa shape index (κ1) is 18.9. The summed E-state index contributed by atoms with van der Waals surface area (Å²) in [6, 6.07) is 1.44. The van der Waals surface area contributed by atoms with Crippen LogP contribution in [0.2, 0.25) is 0 Å². The number of aromatic nitrogens is 1. The minimum atomic E-state index is -0.499. The standard InChI is InChI=1S/C20H25FN4O2/c1-4-17(27)25-7-5-14(6-8-25)24-20-15(21)9-13(10-16(22)26)19-18(20)11(2)12(3)23-19/h4,9,14,23-24H,1,5-8,10H2,2-3H3,(H2,22,26). The van der Waals surface area contributed by atoms with Crippen LogP contribution in [0.25, 0.3) is 10.9 Å². The Kier molecular flexibility index (Phi) is 5.21. The van der Waals surface area contributed by atoms with Crippen LogP contribution >= 0.6 is 0 Å². The second kappa shape index (κ2) is 7.42. The van der Waals surface area contributed by atoms with Crippen molar-refractivity contribution in [2.75, 3.05) is 18.4 Å². The van der Waals surface area contributed by atoms with E-state index in [0.717, 1.165) is 35.0 Å². The minimum Gasteiger partial charge on any atom is -0.379 e. The van der Waals surface area contributed by atoms with Crippen molar-refractivity contribution in [3.8, 4) is 0 Å². The molecule has 0 saturated carbocycles. The van der Waals surface area contributed by atoms with Gasteiger partial charge in [-0.3, -0.25) is 9.59 Å².